The van der Waals surface area contributed by atoms with E-state index in [0.29, 0.717) is 46.3 Å². The van der Waals surface area contributed by atoms with E-state index >= 15 is 0 Å². The molecule has 0 saturated heterocycles. The van der Waals surface area contributed by atoms with Crippen LogP contribution in [0.15, 0.2) is 54.6 Å². The first-order valence-corrected chi connectivity index (χ1v) is 11.8. The number of rotatable bonds is 10. The summed E-state index contributed by atoms with van der Waals surface area (Å²) < 4.78 is 11.8. The Morgan fingerprint density at radius 1 is 0.909 bits per heavy atom. The van der Waals surface area contributed by atoms with Crippen LogP contribution in [0.4, 0.5) is 0 Å². The predicted octanol–water partition coefficient (Wildman–Crippen LogP) is 6.83. The molecule has 2 N–H and O–H groups in total. The Bertz CT molecular complexity index is 1210. The molecule has 0 amide bonds. The molecule has 172 valence electrons. The number of nitrogens with one attached hydrogen (secondary N) is 2. The fraction of sp³-hybridized carbons (Fsp3) is 0.240. The molecule has 0 saturated carbocycles. The van der Waals surface area contributed by atoms with Gasteiger partial charge in [-0.1, -0.05) is 53.0 Å². The van der Waals surface area contributed by atoms with Gasteiger partial charge in [0.15, 0.2) is 11.5 Å². The van der Waals surface area contributed by atoms with Crippen molar-refractivity contribution in [1.82, 2.24) is 15.3 Å². The first kappa shape index (κ1) is 23.7. The lowest BCUT2D eigenvalue weighted by atomic mass is 10.2. The zero-order valence-electron chi connectivity index (χ0n) is 18.1. The molecule has 1 aromatic heterocycles. The van der Waals surface area contributed by atoms with Gasteiger partial charge >= 0.3 is 0 Å². The number of H-pyrrole nitrogens is 1. The highest BCUT2D eigenvalue weighted by molar-refractivity contribution is 6.42. The maximum Gasteiger partial charge on any atom is 0.163 e. The Labute approximate surface area is 208 Å². The Morgan fingerprint density at radius 3 is 2.52 bits per heavy atom. The number of aromatic amines is 1. The van der Waals surface area contributed by atoms with Gasteiger partial charge in [0, 0.05) is 30.6 Å². The van der Waals surface area contributed by atoms with Gasteiger partial charge in [-0.2, -0.15) is 0 Å². The minimum absolute atomic E-state index is 0.322. The van der Waals surface area contributed by atoms with Gasteiger partial charge in [0.2, 0.25) is 0 Å². The molecule has 0 aliphatic carbocycles. The number of para-hydroxylation sites is 2. The van der Waals surface area contributed by atoms with Crippen LogP contribution in [0, 0.1) is 0 Å². The predicted molar refractivity (Wildman–Crippen MR) is 135 cm³/mol. The summed E-state index contributed by atoms with van der Waals surface area (Å²) in [5.74, 6) is 2.19. The monoisotopic (exact) mass is 503 g/mol. The van der Waals surface area contributed by atoms with Crippen molar-refractivity contribution >= 4 is 45.8 Å². The van der Waals surface area contributed by atoms with E-state index in [-0.39, 0.29) is 0 Å². The normalized spacial score (nSPS) is 11.2. The van der Waals surface area contributed by atoms with E-state index in [9.17, 15) is 0 Å². The van der Waals surface area contributed by atoms with E-state index in [1.54, 1.807) is 18.2 Å². The van der Waals surface area contributed by atoms with Crippen molar-refractivity contribution in [2.75, 3.05) is 13.2 Å². The molecular weight excluding hydrogens is 481 g/mol. The minimum atomic E-state index is 0.322. The summed E-state index contributed by atoms with van der Waals surface area (Å²) in [6.07, 6.45) is 0.787. The molecule has 0 bridgehead atoms. The van der Waals surface area contributed by atoms with Crippen LogP contribution in [0.25, 0.3) is 11.0 Å². The lowest BCUT2D eigenvalue weighted by Gasteiger charge is -2.15. The Kier molecular flexibility index (Phi) is 7.99. The fourth-order valence-corrected chi connectivity index (χ4v) is 3.98. The van der Waals surface area contributed by atoms with Gasteiger partial charge in [-0.25, -0.2) is 4.98 Å². The Balaban J connectivity index is 1.37. The van der Waals surface area contributed by atoms with Crippen molar-refractivity contribution < 1.29 is 9.47 Å². The third kappa shape index (κ3) is 6.12. The number of nitrogens with zero attached hydrogens (tertiary/aromatic N) is 1. The first-order chi connectivity index (χ1) is 16.0. The molecule has 0 atom stereocenters. The maximum atomic E-state index is 6.55. The molecule has 0 spiro atoms. The number of hydrogen-bond acceptors (Lipinski definition) is 4. The summed E-state index contributed by atoms with van der Waals surface area (Å²) in [7, 11) is 0. The number of aromatic nitrogens is 2. The number of halogens is 3. The van der Waals surface area contributed by atoms with Crippen LogP contribution in [-0.4, -0.2) is 23.1 Å². The number of fused-ring (bicyclic) bond motifs is 1. The van der Waals surface area contributed by atoms with Gasteiger partial charge in [0.05, 0.1) is 27.7 Å². The average molecular weight is 505 g/mol. The quantitative estimate of drug-likeness (QED) is 0.232. The van der Waals surface area contributed by atoms with Crippen molar-refractivity contribution in [3.63, 3.8) is 0 Å². The van der Waals surface area contributed by atoms with Gasteiger partial charge in [-0.3, -0.25) is 0 Å². The summed E-state index contributed by atoms with van der Waals surface area (Å²) in [4.78, 5) is 7.95. The van der Waals surface area contributed by atoms with Crippen molar-refractivity contribution in [3.8, 4) is 11.5 Å². The highest BCUT2D eigenvalue weighted by atomic mass is 35.5. The lowest BCUT2D eigenvalue weighted by molar-refractivity contribution is 0.269. The number of ether oxygens (including phenoxy) is 2. The van der Waals surface area contributed by atoms with Crippen LogP contribution in [0.5, 0.6) is 11.5 Å². The van der Waals surface area contributed by atoms with E-state index in [4.69, 9.17) is 44.3 Å². The number of benzene rings is 3. The molecule has 0 radical (unpaired) electrons. The molecular formula is C25H24Cl3N3O2. The van der Waals surface area contributed by atoms with E-state index in [1.165, 1.54) is 0 Å². The third-order valence-electron chi connectivity index (χ3n) is 5.08. The molecule has 33 heavy (non-hydrogen) atoms. The highest BCUT2D eigenvalue weighted by Crippen LogP contribution is 2.34. The van der Waals surface area contributed by atoms with Crippen molar-refractivity contribution in [1.29, 1.82) is 0 Å². The molecule has 5 nitrogen and oxygen atoms in total. The molecule has 4 aromatic rings. The van der Waals surface area contributed by atoms with Crippen LogP contribution in [0.2, 0.25) is 15.1 Å². The summed E-state index contributed by atoms with van der Waals surface area (Å²) in [5.41, 5.74) is 3.87. The summed E-state index contributed by atoms with van der Waals surface area (Å²) >= 11 is 18.6. The molecule has 0 unspecified atom stereocenters. The van der Waals surface area contributed by atoms with Crippen LogP contribution in [-0.2, 0) is 19.6 Å². The maximum absolute atomic E-state index is 6.55. The Hall–Kier alpha value is -2.44. The molecule has 4 rings (SSSR count). The second-order valence-corrected chi connectivity index (χ2v) is 8.71. The minimum Gasteiger partial charge on any atom is -0.490 e. The Morgan fingerprint density at radius 2 is 1.73 bits per heavy atom. The second-order valence-electron chi connectivity index (χ2n) is 7.49. The topological polar surface area (TPSA) is 59.2 Å². The smallest absolute Gasteiger partial charge is 0.163 e. The molecule has 0 aliphatic heterocycles. The van der Waals surface area contributed by atoms with Crippen LogP contribution >= 0.6 is 34.8 Å². The molecule has 0 aliphatic rings. The number of imidazole rings is 1. The lowest BCUT2D eigenvalue weighted by Crippen LogP contribution is -2.17. The standard InChI is InChI=1S/C25H24Cl3N3O2/c1-2-32-23-12-17(14-29-10-9-25-30-21-5-3-4-6-22(21)31-25)19(27)13-24(23)33-15-16-7-8-18(26)20(28)11-16/h3-8,11-13,29H,2,9-10,14-15H2,1H3,(H,30,31). The summed E-state index contributed by atoms with van der Waals surface area (Å²) in [5, 5.41) is 5.04. The van der Waals surface area contributed by atoms with E-state index < -0.39 is 0 Å². The van der Waals surface area contributed by atoms with Crippen LogP contribution in [0.1, 0.15) is 23.9 Å². The van der Waals surface area contributed by atoms with Crippen LogP contribution in [0.3, 0.4) is 0 Å². The summed E-state index contributed by atoms with van der Waals surface area (Å²) in [6, 6.07) is 17.1. The third-order valence-corrected chi connectivity index (χ3v) is 6.17. The van der Waals surface area contributed by atoms with Gasteiger partial charge in [-0.05, 0) is 48.4 Å². The zero-order chi connectivity index (χ0) is 23.2. The van der Waals surface area contributed by atoms with Crippen molar-refractivity contribution in [3.05, 3.63) is 86.6 Å². The molecule has 1 heterocycles. The zero-order valence-corrected chi connectivity index (χ0v) is 20.4. The fourth-order valence-electron chi connectivity index (χ4n) is 3.44. The van der Waals surface area contributed by atoms with Crippen molar-refractivity contribution in [2.24, 2.45) is 0 Å². The van der Waals surface area contributed by atoms with E-state index in [1.807, 2.05) is 43.3 Å². The van der Waals surface area contributed by atoms with Crippen molar-refractivity contribution in [2.45, 2.75) is 26.5 Å². The summed E-state index contributed by atoms with van der Waals surface area (Å²) in [6.45, 7) is 4.14. The molecule has 0 fully saturated rings. The number of hydrogen-bond donors (Lipinski definition) is 2. The SMILES string of the molecule is CCOc1cc(CNCCc2nc3ccccc3[nH]2)c(Cl)cc1OCc1ccc(Cl)c(Cl)c1. The first-order valence-electron chi connectivity index (χ1n) is 10.7. The molecule has 3 aromatic carbocycles. The van der Waals surface area contributed by atoms with E-state index in [2.05, 4.69) is 15.3 Å². The van der Waals surface area contributed by atoms with Crippen LogP contribution < -0.4 is 14.8 Å². The average Bonchev–Trinajstić information content (AvgIpc) is 3.22. The van der Waals surface area contributed by atoms with Gasteiger partial charge in [-0.15, -0.1) is 0 Å². The van der Waals surface area contributed by atoms with Gasteiger partial charge in [0.1, 0.15) is 12.4 Å². The second kappa shape index (κ2) is 11.1. The van der Waals surface area contributed by atoms with Gasteiger partial charge < -0.3 is 19.8 Å². The molecule has 8 heteroatoms. The highest BCUT2D eigenvalue weighted by Gasteiger charge is 2.12. The largest absolute Gasteiger partial charge is 0.490 e. The van der Waals surface area contributed by atoms with E-state index in [0.717, 1.165) is 41.0 Å². The van der Waals surface area contributed by atoms with Gasteiger partial charge in [0.25, 0.3) is 0 Å².